The summed E-state index contributed by atoms with van der Waals surface area (Å²) in [5.41, 5.74) is 1.84. The Morgan fingerprint density at radius 3 is 2.51 bits per heavy atom. The number of carbonyl (C=O) groups is 2. The van der Waals surface area contributed by atoms with Gasteiger partial charge in [0.2, 0.25) is 11.0 Å². The van der Waals surface area contributed by atoms with Gasteiger partial charge in [0.25, 0.3) is 0 Å². The van der Waals surface area contributed by atoms with E-state index in [0.29, 0.717) is 26.6 Å². The normalized spacial score (nSPS) is 11.1. The van der Waals surface area contributed by atoms with Gasteiger partial charge in [0, 0.05) is 19.0 Å². The molecule has 1 amide bonds. The van der Waals surface area contributed by atoms with E-state index in [-0.39, 0.29) is 23.2 Å². The molecule has 0 fully saturated rings. The summed E-state index contributed by atoms with van der Waals surface area (Å²) in [6, 6.07) is 23.6. The van der Waals surface area contributed by atoms with Gasteiger partial charge in [0.15, 0.2) is 15.3 Å². The fraction of sp³-hybridized carbons (Fsp3) is 0.154. The number of rotatable bonds is 10. The fourth-order valence-corrected chi connectivity index (χ4v) is 6.07. The number of amides is 1. The van der Waals surface area contributed by atoms with Crippen LogP contribution < -0.4 is 5.32 Å². The molecule has 2 aromatic heterocycles. The lowest BCUT2D eigenvalue weighted by atomic mass is 10.0. The number of hydrogen-bond acceptors (Lipinski definition) is 9. The zero-order valence-electron chi connectivity index (χ0n) is 19.8. The highest BCUT2D eigenvalue weighted by molar-refractivity contribution is 8.01. The van der Waals surface area contributed by atoms with Gasteiger partial charge >= 0.3 is 0 Å². The number of benzene rings is 3. The van der Waals surface area contributed by atoms with Gasteiger partial charge in [-0.2, -0.15) is 0 Å². The van der Waals surface area contributed by atoms with E-state index in [1.54, 1.807) is 12.1 Å². The standard InChI is InChI=1S/C26H22N6O2S3/c1-32-22(14-19-12-7-11-17-8-5-6-13-20(17)19)28-30-25(32)35-16-23(34)27-24-29-31-26(37-24)36-15-21(33)18-9-3-2-4-10-18/h2-13H,14-16H2,1H3,(H,27,29,34). The van der Waals surface area contributed by atoms with Crippen molar-refractivity contribution in [1.82, 2.24) is 25.0 Å². The molecule has 0 spiro atoms. The van der Waals surface area contributed by atoms with Crippen molar-refractivity contribution in [2.24, 2.45) is 7.05 Å². The van der Waals surface area contributed by atoms with Gasteiger partial charge in [0.05, 0.1) is 11.5 Å². The van der Waals surface area contributed by atoms with Crippen molar-refractivity contribution in [1.29, 1.82) is 0 Å². The third-order valence-corrected chi connectivity index (χ3v) is 8.55. The molecule has 11 heteroatoms. The van der Waals surface area contributed by atoms with E-state index in [1.165, 1.54) is 51.2 Å². The SMILES string of the molecule is Cn1c(Cc2cccc3ccccc23)nnc1SCC(=O)Nc1nnc(SCC(=O)c2ccccc2)s1. The lowest BCUT2D eigenvalue weighted by molar-refractivity contribution is -0.113. The number of fused-ring (bicyclic) bond motifs is 1. The quantitative estimate of drug-likeness (QED) is 0.146. The Kier molecular flexibility index (Phi) is 7.93. The summed E-state index contributed by atoms with van der Waals surface area (Å²) in [4.78, 5) is 24.8. The number of hydrogen-bond donors (Lipinski definition) is 1. The van der Waals surface area contributed by atoms with Crippen LogP contribution in [0.15, 0.2) is 82.3 Å². The maximum absolute atomic E-state index is 12.5. The first-order chi connectivity index (χ1) is 18.1. The third kappa shape index (κ3) is 6.24. The van der Waals surface area contributed by atoms with Crippen LogP contribution in [0.5, 0.6) is 0 Å². The maximum atomic E-state index is 12.5. The molecule has 0 aliphatic heterocycles. The van der Waals surface area contributed by atoms with Crippen LogP contribution in [0.3, 0.4) is 0 Å². The van der Waals surface area contributed by atoms with E-state index in [0.717, 1.165) is 5.82 Å². The fourth-order valence-electron chi connectivity index (χ4n) is 3.68. The highest BCUT2D eigenvalue weighted by atomic mass is 32.2. The first kappa shape index (κ1) is 25.1. The van der Waals surface area contributed by atoms with Gasteiger partial charge in [-0.3, -0.25) is 14.9 Å². The third-order valence-electron chi connectivity index (χ3n) is 5.56. The first-order valence-electron chi connectivity index (χ1n) is 11.4. The van der Waals surface area contributed by atoms with Crippen LogP contribution >= 0.6 is 34.9 Å². The number of nitrogens with zero attached hydrogens (tertiary/aromatic N) is 5. The number of thioether (sulfide) groups is 2. The van der Waals surface area contributed by atoms with Crippen LogP contribution in [-0.4, -0.2) is 48.2 Å². The molecule has 0 atom stereocenters. The smallest absolute Gasteiger partial charge is 0.236 e. The number of Topliss-reactive ketones (excluding diaryl/α,β-unsaturated/α-hetero) is 1. The molecule has 186 valence electrons. The summed E-state index contributed by atoms with van der Waals surface area (Å²) < 4.78 is 2.54. The summed E-state index contributed by atoms with van der Waals surface area (Å²) in [5.74, 6) is 1.06. The molecular formula is C26H22N6O2S3. The molecule has 5 aromatic rings. The van der Waals surface area contributed by atoms with E-state index < -0.39 is 0 Å². The van der Waals surface area contributed by atoms with Crippen molar-refractivity contribution < 1.29 is 9.59 Å². The molecule has 0 saturated heterocycles. The van der Waals surface area contributed by atoms with Gasteiger partial charge in [-0.1, -0.05) is 108 Å². The van der Waals surface area contributed by atoms with Crippen LogP contribution in [-0.2, 0) is 18.3 Å². The van der Waals surface area contributed by atoms with Crippen molar-refractivity contribution in [3.05, 3.63) is 89.7 Å². The lowest BCUT2D eigenvalue weighted by Gasteiger charge is -2.07. The van der Waals surface area contributed by atoms with Crippen molar-refractivity contribution in [3.63, 3.8) is 0 Å². The summed E-state index contributed by atoms with van der Waals surface area (Å²) in [6.45, 7) is 0. The Labute approximate surface area is 225 Å². The summed E-state index contributed by atoms with van der Waals surface area (Å²) in [7, 11) is 1.91. The second-order valence-corrected chi connectivity index (χ2v) is 11.2. The number of anilines is 1. The molecule has 1 N–H and O–H groups in total. The molecule has 0 unspecified atom stereocenters. The molecule has 0 radical (unpaired) electrons. The van der Waals surface area contributed by atoms with E-state index >= 15 is 0 Å². The van der Waals surface area contributed by atoms with Gasteiger partial charge in [-0.05, 0) is 16.3 Å². The summed E-state index contributed by atoms with van der Waals surface area (Å²) in [5, 5.41) is 22.9. The highest BCUT2D eigenvalue weighted by Crippen LogP contribution is 2.27. The highest BCUT2D eigenvalue weighted by Gasteiger charge is 2.15. The number of aromatic nitrogens is 5. The predicted molar refractivity (Wildman–Crippen MR) is 149 cm³/mol. The average molecular weight is 547 g/mol. The number of nitrogens with one attached hydrogen (secondary N) is 1. The molecule has 8 nitrogen and oxygen atoms in total. The molecule has 0 saturated carbocycles. The number of ketones is 1. The Morgan fingerprint density at radius 2 is 1.65 bits per heavy atom. The van der Waals surface area contributed by atoms with Crippen LogP contribution in [0.1, 0.15) is 21.7 Å². The van der Waals surface area contributed by atoms with Crippen molar-refractivity contribution in [2.45, 2.75) is 15.9 Å². The van der Waals surface area contributed by atoms with Gasteiger partial charge in [0.1, 0.15) is 5.82 Å². The van der Waals surface area contributed by atoms with Gasteiger partial charge < -0.3 is 4.57 Å². The van der Waals surface area contributed by atoms with Crippen LogP contribution in [0.2, 0.25) is 0 Å². The predicted octanol–water partition coefficient (Wildman–Crippen LogP) is 5.12. The zero-order chi connectivity index (χ0) is 25.6. The van der Waals surface area contributed by atoms with Crippen LogP contribution in [0.4, 0.5) is 5.13 Å². The number of carbonyl (C=O) groups excluding carboxylic acids is 2. The Bertz CT molecular complexity index is 1550. The second-order valence-electron chi connectivity index (χ2n) is 8.06. The molecule has 5 rings (SSSR count). The zero-order valence-corrected chi connectivity index (χ0v) is 22.3. The molecular weight excluding hydrogens is 525 g/mol. The molecule has 37 heavy (non-hydrogen) atoms. The van der Waals surface area contributed by atoms with Crippen LogP contribution in [0, 0.1) is 0 Å². The van der Waals surface area contributed by atoms with Crippen molar-refractivity contribution in [2.75, 3.05) is 16.8 Å². The molecule has 2 heterocycles. The largest absolute Gasteiger partial charge is 0.309 e. The van der Waals surface area contributed by atoms with E-state index in [9.17, 15) is 9.59 Å². The minimum absolute atomic E-state index is 0.0197. The van der Waals surface area contributed by atoms with Gasteiger partial charge in [-0.25, -0.2) is 0 Å². The molecule has 0 aliphatic rings. The van der Waals surface area contributed by atoms with Crippen molar-refractivity contribution >= 4 is 62.5 Å². The molecule has 0 bridgehead atoms. The molecule has 3 aromatic carbocycles. The van der Waals surface area contributed by atoms with Crippen LogP contribution in [0.25, 0.3) is 10.8 Å². The summed E-state index contributed by atoms with van der Waals surface area (Å²) >= 11 is 3.86. The monoisotopic (exact) mass is 546 g/mol. The van der Waals surface area contributed by atoms with E-state index in [1.807, 2.05) is 48.0 Å². The Morgan fingerprint density at radius 1 is 0.865 bits per heavy atom. The lowest BCUT2D eigenvalue weighted by Crippen LogP contribution is -2.14. The summed E-state index contributed by atoms with van der Waals surface area (Å²) in [6.07, 6.45) is 0.648. The minimum Gasteiger partial charge on any atom is -0.309 e. The first-order valence-corrected chi connectivity index (χ1v) is 14.2. The average Bonchev–Trinajstić information content (AvgIpc) is 3.52. The van der Waals surface area contributed by atoms with Gasteiger partial charge in [-0.15, -0.1) is 20.4 Å². The van der Waals surface area contributed by atoms with E-state index in [4.69, 9.17) is 0 Å². The molecule has 0 aliphatic carbocycles. The maximum Gasteiger partial charge on any atom is 0.236 e. The van der Waals surface area contributed by atoms with E-state index in [2.05, 4.69) is 50.0 Å². The van der Waals surface area contributed by atoms with Crippen molar-refractivity contribution in [3.8, 4) is 0 Å². The second kappa shape index (κ2) is 11.7. The topological polar surface area (TPSA) is 103 Å². The Balaban J connectivity index is 1.13. The minimum atomic E-state index is -0.211. The Hall–Kier alpha value is -3.54.